The summed E-state index contributed by atoms with van der Waals surface area (Å²) in [5, 5.41) is 0. The molecule has 0 N–H and O–H groups in total. The first-order valence-corrected chi connectivity index (χ1v) is 12.0. The van der Waals surface area contributed by atoms with E-state index < -0.39 is 5.79 Å². The highest BCUT2D eigenvalue weighted by molar-refractivity contribution is 5.87. The number of carbonyl (C=O) groups excluding carboxylic acids is 1. The molecule has 0 bridgehead atoms. The number of rotatable bonds is 2. The van der Waals surface area contributed by atoms with Crippen LogP contribution in [0, 0.1) is 17.3 Å². The molecule has 1 saturated carbocycles. The van der Waals surface area contributed by atoms with E-state index in [9.17, 15) is 4.79 Å². The average Bonchev–Trinajstić information content (AvgIpc) is 3.35. The molecule has 5 nitrogen and oxygen atoms in total. The van der Waals surface area contributed by atoms with Gasteiger partial charge in [-0.3, -0.25) is 4.79 Å². The van der Waals surface area contributed by atoms with Crippen LogP contribution in [0.4, 0.5) is 0 Å². The summed E-state index contributed by atoms with van der Waals surface area (Å²) in [5.41, 5.74) is 4.95. The number of allylic oxidation sites excluding steroid dienone is 2. The van der Waals surface area contributed by atoms with Crippen LogP contribution >= 0.6 is 0 Å². The summed E-state index contributed by atoms with van der Waals surface area (Å²) in [6.07, 6.45) is 7.65. The van der Waals surface area contributed by atoms with Crippen molar-refractivity contribution in [3.8, 4) is 5.75 Å². The molecule has 32 heavy (non-hydrogen) atoms. The van der Waals surface area contributed by atoms with Crippen LogP contribution in [0.15, 0.2) is 47.1 Å². The third kappa shape index (κ3) is 3.05. The predicted octanol–water partition coefficient (Wildman–Crippen LogP) is 4.92. The summed E-state index contributed by atoms with van der Waals surface area (Å²) in [7, 11) is 1.69. The van der Waals surface area contributed by atoms with Gasteiger partial charge in [-0.15, -0.1) is 0 Å². The molecule has 170 valence electrons. The van der Waals surface area contributed by atoms with Gasteiger partial charge in [0.05, 0.1) is 32.3 Å². The lowest BCUT2D eigenvalue weighted by molar-refractivity contribution is -0.130. The van der Waals surface area contributed by atoms with Gasteiger partial charge in [0.2, 0.25) is 0 Å². The third-order valence-corrected chi connectivity index (χ3v) is 8.63. The molecule has 2 aliphatic heterocycles. The Hall–Kier alpha value is -1.95. The third-order valence-electron chi connectivity index (χ3n) is 8.63. The van der Waals surface area contributed by atoms with Crippen molar-refractivity contribution in [2.45, 2.75) is 57.3 Å². The first-order valence-electron chi connectivity index (χ1n) is 12.0. The van der Waals surface area contributed by atoms with E-state index in [1.54, 1.807) is 7.11 Å². The zero-order chi connectivity index (χ0) is 21.9. The maximum atomic E-state index is 13.0. The van der Waals surface area contributed by atoms with Crippen LogP contribution in [-0.2, 0) is 19.0 Å². The Kier molecular flexibility index (Phi) is 4.87. The van der Waals surface area contributed by atoms with E-state index in [0.717, 1.165) is 43.4 Å². The van der Waals surface area contributed by atoms with E-state index in [1.165, 1.54) is 16.7 Å². The van der Waals surface area contributed by atoms with Gasteiger partial charge in [0.15, 0.2) is 5.79 Å². The second-order valence-corrected chi connectivity index (χ2v) is 10.2. The van der Waals surface area contributed by atoms with Gasteiger partial charge < -0.3 is 18.9 Å². The van der Waals surface area contributed by atoms with Crippen LogP contribution in [0.1, 0.15) is 57.1 Å². The highest BCUT2D eigenvalue weighted by Crippen LogP contribution is 2.58. The van der Waals surface area contributed by atoms with Crippen molar-refractivity contribution in [3.05, 3.63) is 52.6 Å². The molecule has 0 aromatic heterocycles. The molecule has 6 rings (SSSR count). The maximum Gasteiger partial charge on any atom is 0.188 e. The molecule has 5 heteroatoms. The summed E-state index contributed by atoms with van der Waals surface area (Å²) in [5.74, 6) is 1.42. The molecule has 1 spiro atoms. The molecule has 2 saturated heterocycles. The van der Waals surface area contributed by atoms with Crippen LogP contribution < -0.4 is 4.74 Å². The second kappa shape index (κ2) is 7.54. The molecule has 3 unspecified atom stereocenters. The van der Waals surface area contributed by atoms with Crippen LogP contribution in [0.5, 0.6) is 5.75 Å². The van der Waals surface area contributed by atoms with Gasteiger partial charge in [0, 0.05) is 12.8 Å². The van der Waals surface area contributed by atoms with Gasteiger partial charge in [-0.05, 0) is 78.0 Å². The van der Waals surface area contributed by atoms with Gasteiger partial charge in [0.25, 0.3) is 0 Å². The van der Waals surface area contributed by atoms with Crippen molar-refractivity contribution in [1.82, 2.24) is 0 Å². The topological polar surface area (TPSA) is 54.0 Å². The molecular formula is C27H32O5. The van der Waals surface area contributed by atoms with Gasteiger partial charge in [0.1, 0.15) is 17.6 Å². The van der Waals surface area contributed by atoms with Gasteiger partial charge in [-0.2, -0.15) is 0 Å². The van der Waals surface area contributed by atoms with Crippen molar-refractivity contribution in [2.75, 3.05) is 26.9 Å². The smallest absolute Gasteiger partial charge is 0.188 e. The number of hydrogen-bond acceptors (Lipinski definition) is 5. The lowest BCUT2D eigenvalue weighted by atomic mass is 9.63. The van der Waals surface area contributed by atoms with E-state index in [4.69, 9.17) is 18.9 Å². The fourth-order valence-corrected chi connectivity index (χ4v) is 6.93. The number of fused-ring (bicyclic) bond motifs is 4. The Bertz CT molecular complexity index is 984. The van der Waals surface area contributed by atoms with Crippen LogP contribution in [0.2, 0.25) is 0 Å². The SMILES string of the molecule is COc1ccc(C2OC[C@]3(C)C(=O)CCC3C3CCC4=CC5(CCC4=C23)OCCO5)cc1. The Balaban J connectivity index is 1.48. The maximum absolute atomic E-state index is 13.0. The van der Waals surface area contributed by atoms with E-state index in [1.807, 2.05) is 12.1 Å². The van der Waals surface area contributed by atoms with Gasteiger partial charge in [-0.1, -0.05) is 19.1 Å². The van der Waals surface area contributed by atoms with Crippen molar-refractivity contribution in [2.24, 2.45) is 17.3 Å². The first kappa shape index (κ1) is 20.6. The standard InChI is InChI=1S/C27H32O5/c1-26-16-30-25(17-3-6-19(29-2)7-4-17)24-20-11-12-27(31-13-14-32-27)15-18(20)5-8-21(24)22(26)9-10-23(26)28/h3-4,6-7,15,21-22,25H,5,8-14,16H2,1-2H3/t21?,22?,25?,26-/m0/s1. The second-order valence-electron chi connectivity index (χ2n) is 10.2. The van der Waals surface area contributed by atoms with Gasteiger partial charge in [-0.25, -0.2) is 0 Å². The van der Waals surface area contributed by atoms with E-state index in [0.29, 0.717) is 43.9 Å². The van der Waals surface area contributed by atoms with E-state index >= 15 is 0 Å². The molecular weight excluding hydrogens is 404 g/mol. The molecule has 3 aliphatic carbocycles. The molecule has 5 aliphatic rings. The zero-order valence-corrected chi connectivity index (χ0v) is 19.0. The number of methoxy groups -OCH3 is 1. The van der Waals surface area contributed by atoms with Crippen molar-refractivity contribution >= 4 is 5.78 Å². The zero-order valence-electron chi connectivity index (χ0n) is 19.0. The number of carbonyl (C=O) groups is 1. The van der Waals surface area contributed by atoms with Crippen LogP contribution in [0.25, 0.3) is 0 Å². The normalized spacial score (nSPS) is 35.8. The minimum atomic E-state index is -0.536. The van der Waals surface area contributed by atoms with Crippen molar-refractivity contribution in [1.29, 1.82) is 0 Å². The highest BCUT2D eigenvalue weighted by atomic mass is 16.7. The van der Waals surface area contributed by atoms with Gasteiger partial charge >= 0.3 is 0 Å². The summed E-state index contributed by atoms with van der Waals surface area (Å²) in [6.45, 7) is 3.97. The average molecular weight is 437 g/mol. The number of ketones is 1. The Morgan fingerprint density at radius 2 is 1.81 bits per heavy atom. The number of Topliss-reactive ketones (excluding diaryl/α,β-unsaturated/α-hetero) is 1. The lowest BCUT2D eigenvalue weighted by Gasteiger charge is -2.41. The number of benzene rings is 1. The fourth-order valence-electron chi connectivity index (χ4n) is 6.93. The first-order chi connectivity index (χ1) is 15.5. The molecule has 2 heterocycles. The molecule has 0 radical (unpaired) electrons. The minimum absolute atomic E-state index is 0.126. The van der Waals surface area contributed by atoms with E-state index in [-0.39, 0.29) is 11.5 Å². The molecule has 3 fully saturated rings. The molecule has 4 atom stereocenters. The van der Waals surface area contributed by atoms with E-state index in [2.05, 4.69) is 25.1 Å². The summed E-state index contributed by atoms with van der Waals surface area (Å²) >= 11 is 0. The quantitative estimate of drug-likeness (QED) is 0.659. The minimum Gasteiger partial charge on any atom is -0.497 e. The van der Waals surface area contributed by atoms with Crippen LogP contribution in [-0.4, -0.2) is 38.5 Å². The molecule has 1 aromatic carbocycles. The largest absolute Gasteiger partial charge is 0.497 e. The molecule has 0 amide bonds. The highest BCUT2D eigenvalue weighted by Gasteiger charge is 2.55. The van der Waals surface area contributed by atoms with Crippen LogP contribution in [0.3, 0.4) is 0 Å². The Morgan fingerprint density at radius 3 is 2.56 bits per heavy atom. The number of hydrogen-bond donors (Lipinski definition) is 0. The lowest BCUT2D eigenvalue weighted by Crippen LogP contribution is -2.37. The predicted molar refractivity (Wildman–Crippen MR) is 119 cm³/mol. The Morgan fingerprint density at radius 1 is 1.03 bits per heavy atom. The molecule has 1 aromatic rings. The summed E-state index contributed by atoms with van der Waals surface area (Å²) < 4.78 is 24.1. The van der Waals surface area contributed by atoms with Crippen molar-refractivity contribution < 1.29 is 23.7 Å². The monoisotopic (exact) mass is 436 g/mol. The van der Waals surface area contributed by atoms with Crippen molar-refractivity contribution in [3.63, 3.8) is 0 Å². The summed E-state index contributed by atoms with van der Waals surface area (Å²) in [6, 6.07) is 8.25. The fraction of sp³-hybridized carbons (Fsp3) is 0.593. The Labute approximate surface area is 189 Å². The summed E-state index contributed by atoms with van der Waals surface area (Å²) in [4.78, 5) is 13.0. The number of ether oxygens (including phenoxy) is 4.